The molecule has 0 aromatic heterocycles. The number of anilines is 1. The average Bonchev–Trinajstić information content (AvgIpc) is 3.29. The molecule has 1 aromatic rings. The highest BCUT2D eigenvalue weighted by molar-refractivity contribution is 8.00. The number of hydrogen-bond donors (Lipinski definition) is 1. The Kier molecular flexibility index (Phi) is 12.0. The summed E-state index contributed by atoms with van der Waals surface area (Å²) < 4.78 is 19.9. The molecule has 2 fully saturated rings. The monoisotopic (exact) mass is 600 g/mol. The number of aryl methyl sites for hydroxylation is 2. The van der Waals surface area contributed by atoms with Crippen molar-refractivity contribution in [3.8, 4) is 0 Å². The van der Waals surface area contributed by atoms with Crippen molar-refractivity contribution in [3.63, 3.8) is 0 Å². The van der Waals surface area contributed by atoms with E-state index in [0.29, 0.717) is 19.1 Å². The van der Waals surface area contributed by atoms with Crippen LogP contribution in [0.2, 0.25) is 0 Å². The van der Waals surface area contributed by atoms with Gasteiger partial charge in [0.1, 0.15) is 18.0 Å². The molecule has 2 heterocycles. The first-order chi connectivity index (χ1) is 20.3. The van der Waals surface area contributed by atoms with E-state index in [1.165, 1.54) is 39.0 Å². The lowest BCUT2D eigenvalue weighted by atomic mass is 9.79. The van der Waals surface area contributed by atoms with Crippen LogP contribution in [0.4, 0.5) is 10.1 Å². The predicted octanol–water partition coefficient (Wildman–Crippen LogP) is 6.62. The van der Waals surface area contributed by atoms with Gasteiger partial charge in [-0.25, -0.2) is 8.70 Å². The van der Waals surface area contributed by atoms with Crippen molar-refractivity contribution in [2.24, 2.45) is 16.8 Å². The molecule has 4 rings (SSSR count). The van der Waals surface area contributed by atoms with Gasteiger partial charge >= 0.3 is 0 Å². The first-order valence-electron chi connectivity index (χ1n) is 15.8. The number of nitrogens with one attached hydrogen (secondary N) is 1. The SMILES string of the molecule is CCCCC1CCC(C2=NC3(CCN(S/C=C/c4c(C)cc(N(CCOCCF)C(C)=O)cc4C)CC3)C(=O)N2)CC1. The molecular formula is C33H49FN4O3S. The minimum absolute atomic E-state index is 0.0463. The van der Waals surface area contributed by atoms with E-state index in [-0.39, 0.29) is 18.4 Å². The minimum Gasteiger partial charge on any atom is -0.377 e. The molecule has 0 unspecified atom stereocenters. The fraction of sp³-hybridized carbons (Fsp3) is 0.667. The number of aliphatic imine (C=N–C) groups is 1. The summed E-state index contributed by atoms with van der Waals surface area (Å²) in [6, 6.07) is 4.04. The van der Waals surface area contributed by atoms with E-state index in [9.17, 15) is 14.0 Å². The maximum absolute atomic E-state index is 13.1. The lowest BCUT2D eigenvalue weighted by Crippen LogP contribution is -2.47. The molecule has 1 saturated carbocycles. The van der Waals surface area contributed by atoms with Gasteiger partial charge in [0.2, 0.25) is 5.91 Å². The summed E-state index contributed by atoms with van der Waals surface area (Å²) >= 11 is 1.68. The zero-order chi connectivity index (χ0) is 30.1. The van der Waals surface area contributed by atoms with Gasteiger partial charge in [-0.3, -0.25) is 14.6 Å². The second kappa shape index (κ2) is 15.5. The summed E-state index contributed by atoms with van der Waals surface area (Å²) in [6.07, 6.45) is 12.4. The maximum atomic E-state index is 13.1. The zero-order valence-electron chi connectivity index (χ0n) is 25.9. The Morgan fingerprint density at radius 1 is 1.19 bits per heavy atom. The summed E-state index contributed by atoms with van der Waals surface area (Å²) in [4.78, 5) is 32.1. The van der Waals surface area contributed by atoms with Crippen LogP contribution < -0.4 is 10.2 Å². The Labute approximate surface area is 255 Å². The van der Waals surface area contributed by atoms with Crippen LogP contribution in [-0.4, -0.2) is 67.0 Å². The molecule has 9 heteroatoms. The second-order valence-electron chi connectivity index (χ2n) is 12.1. The van der Waals surface area contributed by atoms with Crippen LogP contribution in [0, 0.1) is 25.7 Å². The molecule has 0 bridgehead atoms. The molecule has 1 N–H and O–H groups in total. The number of carbonyl (C=O) groups is 2. The third-order valence-electron chi connectivity index (χ3n) is 9.14. The number of ether oxygens (including phenoxy) is 1. The zero-order valence-corrected chi connectivity index (χ0v) is 26.7. The first kappa shape index (κ1) is 32.7. The smallest absolute Gasteiger partial charge is 0.253 e. The number of hydrogen-bond acceptors (Lipinski definition) is 6. The highest BCUT2D eigenvalue weighted by Gasteiger charge is 2.47. The molecule has 7 nitrogen and oxygen atoms in total. The second-order valence-corrected chi connectivity index (χ2v) is 13.1. The maximum Gasteiger partial charge on any atom is 0.253 e. The molecule has 1 aliphatic carbocycles. The van der Waals surface area contributed by atoms with Crippen LogP contribution in [0.3, 0.4) is 0 Å². The van der Waals surface area contributed by atoms with Crippen LogP contribution >= 0.6 is 11.9 Å². The van der Waals surface area contributed by atoms with Crippen LogP contribution in [0.5, 0.6) is 0 Å². The topological polar surface area (TPSA) is 74.2 Å². The third kappa shape index (κ3) is 8.23. The fourth-order valence-electron chi connectivity index (χ4n) is 6.59. The highest BCUT2D eigenvalue weighted by Crippen LogP contribution is 2.38. The van der Waals surface area contributed by atoms with Crippen molar-refractivity contribution in [1.82, 2.24) is 9.62 Å². The van der Waals surface area contributed by atoms with Crippen molar-refractivity contribution >= 4 is 41.4 Å². The van der Waals surface area contributed by atoms with E-state index in [4.69, 9.17) is 9.73 Å². The van der Waals surface area contributed by atoms with Gasteiger partial charge in [-0.2, -0.15) is 0 Å². The van der Waals surface area contributed by atoms with E-state index < -0.39 is 12.2 Å². The molecule has 2 amide bonds. The number of amidine groups is 1. The Morgan fingerprint density at radius 2 is 1.88 bits per heavy atom. The minimum atomic E-state index is -0.586. The molecule has 0 radical (unpaired) electrons. The average molecular weight is 601 g/mol. The van der Waals surface area contributed by atoms with Crippen molar-refractivity contribution in [2.45, 2.75) is 91.0 Å². The highest BCUT2D eigenvalue weighted by atomic mass is 32.2. The summed E-state index contributed by atoms with van der Waals surface area (Å²) in [7, 11) is 0. The molecule has 1 aromatic carbocycles. The number of halogens is 1. The predicted molar refractivity (Wildman–Crippen MR) is 171 cm³/mol. The quantitative estimate of drug-likeness (QED) is 0.204. The Balaban J connectivity index is 1.29. The number of carbonyl (C=O) groups excluding carboxylic acids is 2. The molecule has 1 saturated heterocycles. The first-order valence-corrected chi connectivity index (χ1v) is 16.6. The number of benzene rings is 1. The van der Waals surface area contributed by atoms with Gasteiger partial charge in [-0.15, -0.1) is 0 Å². The molecule has 42 heavy (non-hydrogen) atoms. The lowest BCUT2D eigenvalue weighted by Gasteiger charge is -2.34. The van der Waals surface area contributed by atoms with E-state index in [1.54, 1.807) is 16.8 Å². The molecule has 2 aliphatic heterocycles. The number of nitrogens with zero attached hydrogens (tertiary/aromatic N) is 3. The van der Waals surface area contributed by atoms with Gasteiger partial charge in [0.15, 0.2) is 0 Å². The van der Waals surface area contributed by atoms with Crippen LogP contribution in [0.25, 0.3) is 6.08 Å². The molecule has 0 atom stereocenters. The van der Waals surface area contributed by atoms with Gasteiger partial charge in [0.05, 0.1) is 13.2 Å². The molecule has 1 spiro atoms. The van der Waals surface area contributed by atoms with Gasteiger partial charge in [0.25, 0.3) is 5.91 Å². The Bertz CT molecular complexity index is 1120. The van der Waals surface area contributed by atoms with Gasteiger partial charge in [0, 0.05) is 38.2 Å². The lowest BCUT2D eigenvalue weighted by molar-refractivity contribution is -0.125. The molecule has 232 valence electrons. The van der Waals surface area contributed by atoms with Crippen LogP contribution in [0.15, 0.2) is 22.5 Å². The van der Waals surface area contributed by atoms with E-state index >= 15 is 0 Å². The van der Waals surface area contributed by atoms with E-state index in [2.05, 4.69) is 41.9 Å². The normalized spacial score (nSPS) is 22.5. The van der Waals surface area contributed by atoms with E-state index in [0.717, 1.165) is 72.9 Å². The Hall–Kier alpha value is -2.23. The van der Waals surface area contributed by atoms with Gasteiger partial charge in [-0.05, 0) is 98.6 Å². The number of unbranched alkanes of at least 4 members (excludes halogenated alkanes) is 1. The fourth-order valence-corrected chi connectivity index (χ4v) is 7.35. The van der Waals surface area contributed by atoms with Crippen molar-refractivity contribution in [2.75, 3.05) is 44.4 Å². The number of alkyl halides is 1. The van der Waals surface area contributed by atoms with Crippen molar-refractivity contribution in [1.29, 1.82) is 0 Å². The van der Waals surface area contributed by atoms with E-state index in [1.807, 2.05) is 12.1 Å². The number of piperidine rings is 1. The largest absolute Gasteiger partial charge is 0.377 e. The molecular weight excluding hydrogens is 551 g/mol. The molecule has 3 aliphatic rings. The van der Waals surface area contributed by atoms with Gasteiger partial charge < -0.3 is 15.0 Å². The van der Waals surface area contributed by atoms with Crippen molar-refractivity contribution in [3.05, 3.63) is 34.2 Å². The van der Waals surface area contributed by atoms with Crippen LogP contribution in [-0.2, 0) is 14.3 Å². The van der Waals surface area contributed by atoms with Gasteiger partial charge in [-0.1, -0.05) is 38.1 Å². The number of amides is 2. The summed E-state index contributed by atoms with van der Waals surface area (Å²) in [6.45, 7) is 9.74. The van der Waals surface area contributed by atoms with Crippen LogP contribution in [0.1, 0.15) is 88.3 Å². The number of rotatable bonds is 13. The summed E-state index contributed by atoms with van der Waals surface area (Å²) in [5.41, 5.74) is 3.54. The summed E-state index contributed by atoms with van der Waals surface area (Å²) in [5.74, 6) is 2.25. The Morgan fingerprint density at radius 3 is 2.50 bits per heavy atom. The van der Waals surface area contributed by atoms with Crippen molar-refractivity contribution < 1.29 is 18.7 Å². The third-order valence-corrected chi connectivity index (χ3v) is 10.1. The summed E-state index contributed by atoms with van der Waals surface area (Å²) in [5, 5.41) is 5.31. The standard InChI is InChI=1S/C33H49FN4O3S/c1-5-6-7-27-8-10-28(11-9-27)31-35-32(40)33(36-31)13-16-37(17-14-33)42-21-12-30-24(2)22-29(23-25(30)3)38(26(4)39)18-20-41-19-15-34/h12,21-23,27-28H,5-11,13-20H2,1-4H3,(H,35,36,40)/b21-12+.